The Balaban J connectivity index is 2.53. The Labute approximate surface area is 135 Å². The first-order valence-electron chi connectivity index (χ1n) is 7.35. The highest BCUT2D eigenvalue weighted by atomic mass is 16.5. The first-order chi connectivity index (χ1) is 11.0. The number of H-pyrrole nitrogens is 1. The Bertz CT molecular complexity index is 535. The lowest BCUT2D eigenvalue weighted by Crippen LogP contribution is -2.41. The molecule has 0 unspecified atom stereocenters. The van der Waals surface area contributed by atoms with Crippen LogP contribution in [0.25, 0.3) is 0 Å². The van der Waals surface area contributed by atoms with E-state index in [4.69, 9.17) is 9.84 Å². The number of amides is 2. The molecule has 0 atom stereocenters. The Morgan fingerprint density at radius 1 is 1.48 bits per heavy atom. The molecule has 0 radical (unpaired) electrons. The molecule has 130 valence electrons. The van der Waals surface area contributed by atoms with E-state index in [1.807, 2.05) is 6.92 Å². The van der Waals surface area contributed by atoms with Crippen molar-refractivity contribution in [3.05, 3.63) is 17.7 Å². The third kappa shape index (κ3) is 5.37. The SMILES string of the molecule is CO/C(C)=C\NCCn1[nH]c(N(C)C(=O)NCCCO)c1C=O. The van der Waals surface area contributed by atoms with Crippen LogP contribution in [0.15, 0.2) is 12.0 Å². The molecule has 1 aromatic rings. The molecular weight excluding hydrogens is 302 g/mol. The van der Waals surface area contributed by atoms with Crippen LogP contribution in [-0.2, 0) is 11.3 Å². The Morgan fingerprint density at radius 3 is 2.83 bits per heavy atom. The van der Waals surface area contributed by atoms with Crippen molar-refractivity contribution in [1.82, 2.24) is 20.4 Å². The second kappa shape index (κ2) is 9.57. The van der Waals surface area contributed by atoms with Gasteiger partial charge in [0.2, 0.25) is 0 Å². The molecule has 0 spiro atoms. The molecule has 1 heterocycles. The molecule has 2 amide bonds. The summed E-state index contributed by atoms with van der Waals surface area (Å²) in [5, 5.41) is 17.4. The van der Waals surface area contributed by atoms with E-state index in [0.29, 0.717) is 43.9 Å². The van der Waals surface area contributed by atoms with Gasteiger partial charge in [0.1, 0.15) is 11.5 Å². The molecule has 0 bridgehead atoms. The van der Waals surface area contributed by atoms with E-state index >= 15 is 0 Å². The number of anilines is 1. The highest BCUT2D eigenvalue weighted by Crippen LogP contribution is 2.18. The fraction of sp³-hybridized carbons (Fsp3) is 0.571. The number of ether oxygens (including phenoxy) is 1. The molecule has 23 heavy (non-hydrogen) atoms. The summed E-state index contributed by atoms with van der Waals surface area (Å²) in [6, 6.07) is -0.336. The number of aldehydes is 1. The number of urea groups is 1. The summed E-state index contributed by atoms with van der Waals surface area (Å²) in [6.07, 6.45) is 2.93. The summed E-state index contributed by atoms with van der Waals surface area (Å²) in [5.74, 6) is 1.21. The molecule has 1 aromatic heterocycles. The topological polar surface area (TPSA) is 112 Å². The number of carbonyl (C=O) groups is 2. The van der Waals surface area contributed by atoms with E-state index < -0.39 is 0 Å². The van der Waals surface area contributed by atoms with Gasteiger partial charge in [-0.1, -0.05) is 0 Å². The fourth-order valence-electron chi connectivity index (χ4n) is 1.81. The molecule has 0 aliphatic carbocycles. The number of rotatable bonds is 10. The number of aliphatic hydroxyl groups excluding tert-OH is 1. The van der Waals surface area contributed by atoms with E-state index in [9.17, 15) is 9.59 Å². The lowest BCUT2D eigenvalue weighted by Gasteiger charge is -2.26. The van der Waals surface area contributed by atoms with Crippen LogP contribution in [0.2, 0.25) is 0 Å². The largest absolute Gasteiger partial charge is 0.500 e. The van der Waals surface area contributed by atoms with Gasteiger partial charge in [-0.2, -0.15) is 0 Å². The first-order valence-corrected chi connectivity index (χ1v) is 7.35. The van der Waals surface area contributed by atoms with Crippen molar-refractivity contribution in [2.24, 2.45) is 0 Å². The standard InChI is InChI=1S/C14H25N5O4/c1-11(23-3)9-15-6-7-19-12(10-21)13(17-19)18(2)14(22)16-5-4-8-20/h9-10,15,17,20H,4-8H2,1-3H3,(H,16,22)/b11-9-. The molecule has 9 nitrogen and oxygen atoms in total. The third-order valence-corrected chi connectivity index (χ3v) is 3.24. The minimum absolute atomic E-state index is 0.0162. The fourth-order valence-corrected chi connectivity index (χ4v) is 1.81. The number of hydrogen-bond donors (Lipinski definition) is 4. The number of aromatic amines is 1. The van der Waals surface area contributed by atoms with E-state index in [-0.39, 0.29) is 12.6 Å². The third-order valence-electron chi connectivity index (χ3n) is 3.24. The predicted octanol–water partition coefficient (Wildman–Crippen LogP) is 0.254. The summed E-state index contributed by atoms with van der Waals surface area (Å²) in [7, 11) is 3.16. The summed E-state index contributed by atoms with van der Waals surface area (Å²) in [4.78, 5) is 24.4. The number of aliphatic hydroxyl groups is 1. The Hall–Kier alpha value is -2.42. The average Bonchev–Trinajstić information content (AvgIpc) is 2.53. The number of carbonyl (C=O) groups excluding carboxylic acids is 2. The van der Waals surface area contributed by atoms with Gasteiger partial charge in [0.25, 0.3) is 0 Å². The van der Waals surface area contributed by atoms with Crippen LogP contribution in [0.1, 0.15) is 23.8 Å². The van der Waals surface area contributed by atoms with Crippen LogP contribution in [0.5, 0.6) is 0 Å². The summed E-state index contributed by atoms with van der Waals surface area (Å²) < 4.78 is 6.65. The molecule has 1 rings (SSSR count). The van der Waals surface area contributed by atoms with E-state index in [1.165, 1.54) is 4.90 Å². The highest BCUT2D eigenvalue weighted by molar-refractivity contribution is 5.95. The number of aromatic nitrogens is 2. The highest BCUT2D eigenvalue weighted by Gasteiger charge is 2.21. The first kappa shape index (κ1) is 18.6. The van der Waals surface area contributed by atoms with Crippen LogP contribution in [0.4, 0.5) is 10.6 Å². The van der Waals surface area contributed by atoms with Gasteiger partial charge in [-0.15, -0.1) is 0 Å². The molecule has 0 saturated carbocycles. The van der Waals surface area contributed by atoms with Crippen molar-refractivity contribution in [3.63, 3.8) is 0 Å². The summed E-state index contributed by atoms with van der Waals surface area (Å²) in [6.45, 7) is 3.37. The molecule has 0 fully saturated rings. The maximum atomic E-state index is 11.9. The normalized spacial score (nSPS) is 11.2. The average molecular weight is 327 g/mol. The zero-order valence-corrected chi connectivity index (χ0v) is 13.8. The van der Waals surface area contributed by atoms with Crippen LogP contribution < -0.4 is 15.5 Å². The van der Waals surface area contributed by atoms with Crippen molar-refractivity contribution < 1.29 is 19.4 Å². The van der Waals surface area contributed by atoms with Crippen LogP contribution in [-0.4, -0.2) is 61.1 Å². The summed E-state index contributed by atoms with van der Waals surface area (Å²) in [5.41, 5.74) is 0.416. The quantitative estimate of drug-likeness (QED) is 0.280. The minimum atomic E-state index is -0.336. The number of methoxy groups -OCH3 is 1. The van der Waals surface area contributed by atoms with E-state index in [2.05, 4.69) is 15.7 Å². The molecular formula is C14H25N5O4. The van der Waals surface area contributed by atoms with E-state index in [1.54, 1.807) is 25.0 Å². The zero-order chi connectivity index (χ0) is 17.2. The minimum Gasteiger partial charge on any atom is -0.500 e. The molecule has 0 aromatic carbocycles. The second-order valence-electron chi connectivity index (χ2n) is 4.90. The van der Waals surface area contributed by atoms with E-state index in [0.717, 1.165) is 5.76 Å². The Morgan fingerprint density at radius 2 is 2.22 bits per heavy atom. The van der Waals surface area contributed by atoms with Crippen LogP contribution in [0, 0.1) is 0 Å². The van der Waals surface area contributed by atoms with Gasteiger partial charge >= 0.3 is 6.03 Å². The lowest BCUT2D eigenvalue weighted by atomic mass is 10.3. The van der Waals surface area contributed by atoms with Crippen molar-refractivity contribution in [3.8, 4) is 0 Å². The van der Waals surface area contributed by atoms with Crippen molar-refractivity contribution >= 4 is 18.1 Å². The molecule has 0 aliphatic heterocycles. The van der Waals surface area contributed by atoms with Gasteiger partial charge in [-0.25, -0.2) is 4.79 Å². The Kier molecular flexibility index (Phi) is 7.75. The molecule has 4 N–H and O–H groups in total. The van der Waals surface area contributed by atoms with Gasteiger partial charge in [0.05, 0.1) is 13.7 Å². The van der Waals surface area contributed by atoms with Crippen molar-refractivity contribution in [2.45, 2.75) is 19.9 Å². The molecule has 0 saturated heterocycles. The zero-order valence-electron chi connectivity index (χ0n) is 13.8. The van der Waals surface area contributed by atoms with Gasteiger partial charge in [-0.05, 0) is 13.3 Å². The van der Waals surface area contributed by atoms with Crippen molar-refractivity contribution in [1.29, 1.82) is 0 Å². The maximum Gasteiger partial charge on any atom is 0.322 e. The second-order valence-corrected chi connectivity index (χ2v) is 4.90. The maximum absolute atomic E-state index is 11.9. The van der Waals surface area contributed by atoms with Crippen LogP contribution >= 0.6 is 0 Å². The smallest absolute Gasteiger partial charge is 0.322 e. The number of allylic oxidation sites excluding steroid dienone is 1. The van der Waals surface area contributed by atoms with Gasteiger partial charge in [0, 0.05) is 32.9 Å². The number of nitrogens with zero attached hydrogens (tertiary/aromatic N) is 2. The van der Waals surface area contributed by atoms with Gasteiger partial charge in [0.15, 0.2) is 12.1 Å². The van der Waals surface area contributed by atoms with Gasteiger partial charge < -0.3 is 20.5 Å². The van der Waals surface area contributed by atoms with Gasteiger partial charge in [-0.3, -0.25) is 19.5 Å². The molecule has 9 heteroatoms. The predicted molar refractivity (Wildman–Crippen MR) is 86.4 cm³/mol. The van der Waals surface area contributed by atoms with Crippen molar-refractivity contribution in [2.75, 3.05) is 38.8 Å². The lowest BCUT2D eigenvalue weighted by molar-refractivity contribution is 0.110. The summed E-state index contributed by atoms with van der Waals surface area (Å²) >= 11 is 0. The van der Waals surface area contributed by atoms with Crippen LogP contribution in [0.3, 0.4) is 0 Å². The molecule has 0 aliphatic rings. The number of hydrogen-bond acceptors (Lipinski definition) is 5. The monoisotopic (exact) mass is 327 g/mol. The number of nitrogens with one attached hydrogen (secondary N) is 3.